The van der Waals surface area contributed by atoms with Crippen molar-refractivity contribution in [3.8, 4) is 11.5 Å². The average Bonchev–Trinajstić information content (AvgIpc) is 2.35. The molecular formula is C11H9F5O3. The van der Waals surface area contributed by atoms with Crippen molar-refractivity contribution in [3.05, 3.63) is 23.8 Å². The molecule has 0 unspecified atom stereocenters. The number of carbonyl (C=O) groups is 1. The number of Topliss-reactive ketones (excluding diaryl/α,β-unsaturated/α-hetero) is 1. The van der Waals surface area contributed by atoms with Gasteiger partial charge in [-0.15, -0.1) is 0 Å². The minimum Gasteiger partial charge on any atom is -0.493 e. The van der Waals surface area contributed by atoms with Crippen LogP contribution in [0.25, 0.3) is 0 Å². The molecule has 0 aromatic heterocycles. The van der Waals surface area contributed by atoms with Crippen LogP contribution < -0.4 is 9.47 Å². The Morgan fingerprint density at radius 3 is 2.05 bits per heavy atom. The van der Waals surface area contributed by atoms with E-state index in [0.717, 1.165) is 26.4 Å². The van der Waals surface area contributed by atoms with Gasteiger partial charge in [0.25, 0.3) is 0 Å². The molecule has 0 saturated heterocycles. The maximum absolute atomic E-state index is 13.0. The molecule has 0 amide bonds. The van der Waals surface area contributed by atoms with Gasteiger partial charge in [0.05, 0.1) is 19.8 Å². The van der Waals surface area contributed by atoms with Crippen molar-refractivity contribution >= 4 is 5.78 Å². The lowest BCUT2D eigenvalue weighted by Crippen LogP contribution is -2.44. The van der Waals surface area contributed by atoms with Crippen LogP contribution >= 0.6 is 0 Å². The second-order valence-electron chi connectivity index (χ2n) is 3.44. The summed E-state index contributed by atoms with van der Waals surface area (Å²) in [5.41, 5.74) is -0.899. The highest BCUT2D eigenvalue weighted by atomic mass is 19.4. The topological polar surface area (TPSA) is 35.5 Å². The molecule has 0 aliphatic heterocycles. The molecule has 106 valence electrons. The monoisotopic (exact) mass is 284 g/mol. The van der Waals surface area contributed by atoms with Crippen LogP contribution in [0.15, 0.2) is 18.2 Å². The molecule has 3 nitrogen and oxygen atoms in total. The predicted octanol–water partition coefficient (Wildman–Crippen LogP) is 3.08. The van der Waals surface area contributed by atoms with Gasteiger partial charge >= 0.3 is 12.1 Å². The third-order valence-corrected chi connectivity index (χ3v) is 2.29. The maximum Gasteiger partial charge on any atom is 0.461 e. The van der Waals surface area contributed by atoms with Crippen molar-refractivity contribution in [2.24, 2.45) is 0 Å². The van der Waals surface area contributed by atoms with Crippen LogP contribution in [0.4, 0.5) is 22.0 Å². The first-order valence-electron chi connectivity index (χ1n) is 4.87. The summed E-state index contributed by atoms with van der Waals surface area (Å²) >= 11 is 0. The number of para-hydroxylation sites is 1. The first kappa shape index (κ1) is 15.2. The molecule has 19 heavy (non-hydrogen) atoms. The average molecular weight is 284 g/mol. The summed E-state index contributed by atoms with van der Waals surface area (Å²) in [6.07, 6.45) is -5.97. The molecule has 0 aliphatic carbocycles. The van der Waals surface area contributed by atoms with Crippen molar-refractivity contribution in [1.82, 2.24) is 0 Å². The largest absolute Gasteiger partial charge is 0.493 e. The van der Waals surface area contributed by atoms with E-state index < -0.39 is 29.2 Å². The Balaban J connectivity index is 3.35. The highest BCUT2D eigenvalue weighted by molar-refractivity contribution is 6.04. The van der Waals surface area contributed by atoms with Crippen LogP contribution in [0.1, 0.15) is 10.4 Å². The third kappa shape index (κ3) is 2.61. The minimum absolute atomic E-state index is 0.119. The highest BCUT2D eigenvalue weighted by Gasteiger charge is 2.63. The third-order valence-electron chi connectivity index (χ3n) is 2.29. The Labute approximate surface area is 104 Å². The molecular weight excluding hydrogens is 275 g/mol. The van der Waals surface area contributed by atoms with E-state index in [2.05, 4.69) is 4.74 Å². The van der Waals surface area contributed by atoms with E-state index in [-0.39, 0.29) is 5.75 Å². The molecule has 0 aliphatic rings. The van der Waals surface area contributed by atoms with Crippen molar-refractivity contribution in [3.63, 3.8) is 0 Å². The molecule has 0 bridgehead atoms. The molecule has 1 aromatic rings. The zero-order valence-electron chi connectivity index (χ0n) is 9.85. The van der Waals surface area contributed by atoms with Gasteiger partial charge in [0.2, 0.25) is 5.78 Å². The van der Waals surface area contributed by atoms with E-state index in [0.29, 0.717) is 0 Å². The molecule has 0 spiro atoms. The van der Waals surface area contributed by atoms with Gasteiger partial charge in [-0.05, 0) is 12.1 Å². The Kier molecular flexibility index (Phi) is 4.02. The maximum atomic E-state index is 13.0. The van der Waals surface area contributed by atoms with Gasteiger partial charge < -0.3 is 9.47 Å². The van der Waals surface area contributed by atoms with E-state index in [1.165, 1.54) is 6.07 Å². The minimum atomic E-state index is -5.97. The van der Waals surface area contributed by atoms with Gasteiger partial charge in [0.15, 0.2) is 11.5 Å². The predicted molar refractivity (Wildman–Crippen MR) is 54.9 cm³/mol. The number of carbonyl (C=O) groups excluding carboxylic acids is 1. The molecule has 0 heterocycles. The van der Waals surface area contributed by atoms with Crippen LogP contribution in [-0.4, -0.2) is 32.1 Å². The fourth-order valence-electron chi connectivity index (χ4n) is 1.36. The lowest BCUT2D eigenvalue weighted by molar-refractivity contribution is -0.255. The standard InChI is InChI=1S/C11H9F5O3/c1-18-7-5-3-4-6(8(7)19-2)9(17)10(12,13)11(14,15)16/h3-5H,1-2H3. The number of halogens is 5. The quantitative estimate of drug-likeness (QED) is 0.629. The van der Waals surface area contributed by atoms with Crippen LogP contribution in [-0.2, 0) is 0 Å². The smallest absolute Gasteiger partial charge is 0.461 e. The lowest BCUT2D eigenvalue weighted by atomic mass is 10.0. The number of ether oxygens (including phenoxy) is 2. The molecule has 0 atom stereocenters. The van der Waals surface area contributed by atoms with E-state index >= 15 is 0 Å². The van der Waals surface area contributed by atoms with E-state index in [1.54, 1.807) is 0 Å². The van der Waals surface area contributed by atoms with Crippen molar-refractivity contribution in [2.75, 3.05) is 14.2 Å². The second kappa shape index (κ2) is 5.02. The molecule has 0 saturated carbocycles. The summed E-state index contributed by atoms with van der Waals surface area (Å²) in [6.45, 7) is 0. The number of alkyl halides is 5. The molecule has 0 N–H and O–H groups in total. The molecule has 1 aromatic carbocycles. The summed E-state index contributed by atoms with van der Waals surface area (Å²) in [5, 5.41) is 0. The zero-order valence-corrected chi connectivity index (χ0v) is 9.85. The number of ketones is 1. The van der Waals surface area contributed by atoms with Crippen molar-refractivity contribution in [1.29, 1.82) is 0 Å². The summed E-state index contributed by atoms with van der Waals surface area (Å²) in [6, 6.07) is 3.19. The fourth-order valence-corrected chi connectivity index (χ4v) is 1.36. The fraction of sp³-hybridized carbons (Fsp3) is 0.364. The number of hydrogen-bond donors (Lipinski definition) is 0. The molecule has 0 fully saturated rings. The normalized spacial score (nSPS) is 12.2. The van der Waals surface area contributed by atoms with Crippen molar-refractivity contribution in [2.45, 2.75) is 12.1 Å². The first-order valence-corrected chi connectivity index (χ1v) is 4.87. The van der Waals surface area contributed by atoms with E-state index in [1.807, 2.05) is 0 Å². The Bertz CT molecular complexity index is 482. The zero-order chi connectivity index (χ0) is 14.8. The van der Waals surface area contributed by atoms with Gasteiger partial charge in [-0.1, -0.05) is 6.07 Å². The van der Waals surface area contributed by atoms with Crippen LogP contribution in [0.5, 0.6) is 11.5 Å². The van der Waals surface area contributed by atoms with E-state index in [4.69, 9.17) is 4.74 Å². The Hall–Kier alpha value is -1.86. The molecule has 1 rings (SSSR count). The molecule has 8 heteroatoms. The number of hydrogen-bond acceptors (Lipinski definition) is 3. The van der Waals surface area contributed by atoms with Gasteiger partial charge in [0, 0.05) is 0 Å². The van der Waals surface area contributed by atoms with E-state index in [9.17, 15) is 26.7 Å². The summed E-state index contributed by atoms with van der Waals surface area (Å²) < 4.78 is 71.8. The lowest BCUT2D eigenvalue weighted by Gasteiger charge is -2.19. The van der Waals surface area contributed by atoms with Gasteiger partial charge in [-0.3, -0.25) is 4.79 Å². The second-order valence-corrected chi connectivity index (χ2v) is 3.44. The summed E-state index contributed by atoms with van der Waals surface area (Å²) in [4.78, 5) is 11.4. The van der Waals surface area contributed by atoms with Gasteiger partial charge in [-0.2, -0.15) is 22.0 Å². The summed E-state index contributed by atoms with van der Waals surface area (Å²) in [5.74, 6) is -8.48. The first-order chi connectivity index (χ1) is 8.66. The van der Waals surface area contributed by atoms with Gasteiger partial charge in [0.1, 0.15) is 0 Å². The van der Waals surface area contributed by atoms with Crippen LogP contribution in [0, 0.1) is 0 Å². The highest BCUT2D eigenvalue weighted by Crippen LogP contribution is 2.41. The van der Waals surface area contributed by atoms with Crippen LogP contribution in [0.3, 0.4) is 0 Å². The SMILES string of the molecule is COc1cccc(C(=O)C(F)(F)C(F)(F)F)c1OC. The number of rotatable bonds is 4. The van der Waals surface area contributed by atoms with Crippen molar-refractivity contribution < 1.29 is 36.2 Å². The van der Waals surface area contributed by atoms with Crippen LogP contribution in [0.2, 0.25) is 0 Å². The van der Waals surface area contributed by atoms with Gasteiger partial charge in [-0.25, -0.2) is 0 Å². The number of methoxy groups -OCH3 is 2. The number of benzene rings is 1. The Morgan fingerprint density at radius 1 is 1.05 bits per heavy atom. The Morgan fingerprint density at radius 2 is 1.63 bits per heavy atom. The molecule has 0 radical (unpaired) electrons. The summed E-state index contributed by atoms with van der Waals surface area (Å²) in [7, 11) is 2.19.